The van der Waals surface area contributed by atoms with Gasteiger partial charge in [-0.1, -0.05) is 112 Å². The van der Waals surface area contributed by atoms with Gasteiger partial charge in [-0.3, -0.25) is 0 Å². The van der Waals surface area contributed by atoms with Gasteiger partial charge in [-0.25, -0.2) is 0 Å². The van der Waals surface area contributed by atoms with Crippen molar-refractivity contribution in [2.75, 3.05) is 65.7 Å². The number of anilines is 1. The number of unbranched alkanes of at least 4 members (excludes halogenated alkanes) is 7. The van der Waals surface area contributed by atoms with Crippen LogP contribution in [0.1, 0.15) is 92.5 Å². The summed E-state index contributed by atoms with van der Waals surface area (Å²) >= 11 is 0. The standard InChI is InChI=1S/C40H57NO4/c1-7-8-9-10-11-12-13-14-21-40(36-28-31(2)15-18-34(36)35-19-16-32(3)29-37(35)40)33-17-20-39(38(30-33)41(4)5)45-27-26-44-25-24-43-23-22-42-6/h15-20,28-30H,7-14,21-27H2,1-6H3. The number of methoxy groups -OCH3 is 1. The van der Waals surface area contributed by atoms with Gasteiger partial charge >= 0.3 is 0 Å². The fourth-order valence-electron chi connectivity index (χ4n) is 6.82. The molecule has 0 atom stereocenters. The van der Waals surface area contributed by atoms with Gasteiger partial charge in [0.25, 0.3) is 0 Å². The minimum absolute atomic E-state index is 0.194. The molecule has 246 valence electrons. The number of rotatable bonds is 21. The van der Waals surface area contributed by atoms with Crippen LogP contribution in [0.4, 0.5) is 5.69 Å². The summed E-state index contributed by atoms with van der Waals surface area (Å²) in [4.78, 5) is 2.18. The molecule has 0 aliphatic heterocycles. The van der Waals surface area contributed by atoms with E-state index in [9.17, 15) is 0 Å². The average Bonchev–Trinajstić information content (AvgIpc) is 3.30. The Morgan fingerprint density at radius 3 is 1.76 bits per heavy atom. The van der Waals surface area contributed by atoms with Crippen molar-refractivity contribution in [3.63, 3.8) is 0 Å². The fraction of sp³-hybridized carbons (Fsp3) is 0.550. The molecule has 0 aromatic heterocycles. The summed E-state index contributed by atoms with van der Waals surface area (Å²) in [5.41, 5.74) is 10.5. The van der Waals surface area contributed by atoms with Gasteiger partial charge in [0, 0.05) is 26.6 Å². The first-order valence-electron chi connectivity index (χ1n) is 17.2. The zero-order chi connectivity index (χ0) is 32.1. The fourth-order valence-corrected chi connectivity index (χ4v) is 6.82. The molecule has 0 saturated carbocycles. The maximum Gasteiger partial charge on any atom is 0.142 e. The number of hydrogen-bond donors (Lipinski definition) is 0. The molecule has 0 bridgehead atoms. The number of ether oxygens (including phenoxy) is 4. The van der Waals surface area contributed by atoms with Crippen molar-refractivity contribution < 1.29 is 18.9 Å². The third kappa shape index (κ3) is 8.90. The van der Waals surface area contributed by atoms with Gasteiger partial charge < -0.3 is 23.8 Å². The lowest BCUT2D eigenvalue weighted by atomic mass is 9.68. The lowest BCUT2D eigenvalue weighted by Crippen LogP contribution is -2.28. The molecule has 0 unspecified atom stereocenters. The molecule has 0 spiro atoms. The summed E-state index contributed by atoms with van der Waals surface area (Å²) < 4.78 is 22.5. The van der Waals surface area contributed by atoms with Gasteiger partial charge in [-0.15, -0.1) is 0 Å². The Bertz CT molecular complexity index is 1280. The minimum atomic E-state index is -0.194. The highest BCUT2D eigenvalue weighted by atomic mass is 16.6. The van der Waals surface area contributed by atoms with Crippen LogP contribution >= 0.6 is 0 Å². The lowest BCUT2D eigenvalue weighted by molar-refractivity contribution is 0.0180. The summed E-state index contributed by atoms with van der Waals surface area (Å²) in [5.74, 6) is 0.887. The number of fused-ring (bicyclic) bond motifs is 3. The normalized spacial score (nSPS) is 13.1. The number of hydrogen-bond acceptors (Lipinski definition) is 5. The molecule has 3 aromatic rings. The van der Waals surface area contributed by atoms with Crippen LogP contribution in [-0.2, 0) is 19.6 Å². The molecule has 0 saturated heterocycles. The first-order valence-corrected chi connectivity index (χ1v) is 17.2. The highest BCUT2D eigenvalue weighted by Crippen LogP contribution is 2.56. The Hall–Kier alpha value is -2.86. The summed E-state index contributed by atoms with van der Waals surface area (Å²) in [5, 5.41) is 0. The SMILES string of the molecule is CCCCCCCCCCC1(c2ccc(OCCOCCOCCOC)c(N(C)C)c2)c2cc(C)ccc2-c2ccc(C)cc21. The Kier molecular flexibility index (Phi) is 13.8. The molecule has 4 rings (SSSR count). The van der Waals surface area contributed by atoms with Gasteiger partial charge in [0.1, 0.15) is 12.4 Å². The van der Waals surface area contributed by atoms with Crippen LogP contribution in [0.5, 0.6) is 5.75 Å². The van der Waals surface area contributed by atoms with Crippen LogP contribution in [-0.4, -0.2) is 60.8 Å². The molecule has 5 heteroatoms. The van der Waals surface area contributed by atoms with Crippen molar-refractivity contribution in [3.05, 3.63) is 82.4 Å². The Morgan fingerprint density at radius 2 is 1.18 bits per heavy atom. The van der Waals surface area contributed by atoms with Crippen LogP contribution in [0.2, 0.25) is 0 Å². The van der Waals surface area contributed by atoms with E-state index in [4.69, 9.17) is 18.9 Å². The van der Waals surface area contributed by atoms with E-state index in [2.05, 4.69) is 94.4 Å². The molecular weight excluding hydrogens is 558 g/mol. The average molecular weight is 616 g/mol. The number of nitrogens with zero attached hydrogens (tertiary/aromatic N) is 1. The molecule has 1 aliphatic rings. The number of aryl methyl sites for hydroxylation is 2. The molecule has 45 heavy (non-hydrogen) atoms. The Balaban J connectivity index is 1.59. The van der Waals surface area contributed by atoms with E-state index >= 15 is 0 Å². The quantitative estimate of drug-likeness (QED) is 0.112. The van der Waals surface area contributed by atoms with Gasteiger partial charge in [0.05, 0.1) is 38.7 Å². The zero-order valence-electron chi connectivity index (χ0n) is 28.9. The van der Waals surface area contributed by atoms with E-state index in [0.29, 0.717) is 39.6 Å². The summed E-state index contributed by atoms with van der Waals surface area (Å²) in [7, 11) is 5.89. The van der Waals surface area contributed by atoms with Crippen LogP contribution in [0.25, 0.3) is 11.1 Å². The second kappa shape index (κ2) is 17.7. The molecule has 3 aromatic carbocycles. The third-order valence-corrected chi connectivity index (χ3v) is 9.19. The third-order valence-electron chi connectivity index (χ3n) is 9.19. The summed E-state index contributed by atoms with van der Waals surface area (Å²) in [6.07, 6.45) is 11.6. The topological polar surface area (TPSA) is 40.2 Å². The zero-order valence-corrected chi connectivity index (χ0v) is 28.9. The Labute approximate surface area is 273 Å². The molecule has 5 nitrogen and oxygen atoms in total. The Morgan fingerprint density at radius 1 is 0.622 bits per heavy atom. The maximum atomic E-state index is 6.30. The lowest BCUT2D eigenvalue weighted by Gasteiger charge is -2.35. The predicted octanol–water partition coefficient (Wildman–Crippen LogP) is 9.27. The van der Waals surface area contributed by atoms with E-state index in [1.54, 1.807) is 7.11 Å². The van der Waals surface area contributed by atoms with Crippen molar-refractivity contribution >= 4 is 5.69 Å². The summed E-state index contributed by atoms with van der Waals surface area (Å²) in [6, 6.07) is 21.0. The van der Waals surface area contributed by atoms with Crippen LogP contribution in [0.3, 0.4) is 0 Å². The van der Waals surface area contributed by atoms with Crippen LogP contribution < -0.4 is 9.64 Å². The molecule has 0 amide bonds. The van der Waals surface area contributed by atoms with Crippen molar-refractivity contribution in [2.45, 2.75) is 84.0 Å². The van der Waals surface area contributed by atoms with E-state index in [1.807, 2.05) is 0 Å². The highest BCUT2D eigenvalue weighted by Gasteiger charge is 2.44. The van der Waals surface area contributed by atoms with Crippen molar-refractivity contribution in [1.29, 1.82) is 0 Å². The van der Waals surface area contributed by atoms with Gasteiger partial charge in [0.2, 0.25) is 0 Å². The largest absolute Gasteiger partial charge is 0.489 e. The molecule has 1 aliphatic carbocycles. The number of benzene rings is 3. The van der Waals surface area contributed by atoms with Gasteiger partial charge in [-0.05, 0) is 60.2 Å². The molecule has 0 radical (unpaired) electrons. The highest BCUT2D eigenvalue weighted by molar-refractivity contribution is 5.84. The summed E-state index contributed by atoms with van der Waals surface area (Å²) in [6.45, 7) is 10.0. The van der Waals surface area contributed by atoms with E-state index < -0.39 is 0 Å². The van der Waals surface area contributed by atoms with Crippen molar-refractivity contribution in [1.82, 2.24) is 0 Å². The smallest absolute Gasteiger partial charge is 0.142 e. The second-order valence-corrected chi connectivity index (χ2v) is 12.9. The first kappa shape index (κ1) is 35.0. The van der Waals surface area contributed by atoms with Gasteiger partial charge in [0.15, 0.2) is 0 Å². The molecular formula is C40H57NO4. The predicted molar refractivity (Wildman–Crippen MR) is 188 cm³/mol. The maximum absolute atomic E-state index is 6.30. The minimum Gasteiger partial charge on any atom is -0.489 e. The first-order chi connectivity index (χ1) is 21.9. The van der Waals surface area contributed by atoms with Crippen LogP contribution in [0.15, 0.2) is 54.6 Å². The van der Waals surface area contributed by atoms with Crippen molar-refractivity contribution in [2.24, 2.45) is 0 Å². The van der Waals surface area contributed by atoms with Crippen LogP contribution in [0, 0.1) is 13.8 Å². The van der Waals surface area contributed by atoms with Gasteiger partial charge in [-0.2, -0.15) is 0 Å². The van der Waals surface area contributed by atoms with E-state index in [1.165, 1.54) is 90.3 Å². The monoisotopic (exact) mass is 615 g/mol. The van der Waals surface area contributed by atoms with E-state index in [0.717, 1.165) is 17.9 Å². The molecule has 0 N–H and O–H groups in total. The second-order valence-electron chi connectivity index (χ2n) is 12.9. The molecule has 0 fully saturated rings. The van der Waals surface area contributed by atoms with E-state index in [-0.39, 0.29) is 5.41 Å². The molecule has 0 heterocycles. The van der Waals surface area contributed by atoms with Crippen molar-refractivity contribution in [3.8, 4) is 16.9 Å².